The molecule has 0 aromatic carbocycles. The predicted molar refractivity (Wildman–Crippen MR) is 138 cm³/mol. The summed E-state index contributed by atoms with van der Waals surface area (Å²) in [7, 11) is 3.08. The third-order valence-corrected chi connectivity index (χ3v) is 5.97. The molecule has 194 valence electrons. The van der Waals surface area contributed by atoms with Crippen molar-refractivity contribution in [2.45, 2.75) is 73.2 Å². The minimum atomic E-state index is -1.08. The Balaban J connectivity index is 4.86. The SMILES string of the molecule is COCCO[C@@H](C)/C(C)=C/C=C/C=C[C@@H](C)CC(C)C(=O)[C@H](OC)C(O)/C(C)=C/[C@@H](C)C(C)=O. The van der Waals surface area contributed by atoms with Gasteiger partial charge < -0.3 is 19.3 Å². The number of allylic oxidation sites excluding steroid dienone is 6. The first-order chi connectivity index (χ1) is 16.0. The number of carbonyl (C=O) groups excluding carboxylic acids is 2. The Hall–Kier alpha value is -1.86. The van der Waals surface area contributed by atoms with Gasteiger partial charge in [0.1, 0.15) is 18.0 Å². The molecule has 0 rings (SSSR count). The van der Waals surface area contributed by atoms with Gasteiger partial charge in [0.15, 0.2) is 5.78 Å². The molecule has 0 aliphatic rings. The van der Waals surface area contributed by atoms with E-state index in [1.807, 2.05) is 45.1 Å². The number of ether oxygens (including phenoxy) is 3. The second-order valence-electron chi connectivity index (χ2n) is 9.11. The minimum Gasteiger partial charge on any atom is -0.386 e. The zero-order valence-corrected chi connectivity index (χ0v) is 22.5. The third-order valence-electron chi connectivity index (χ3n) is 5.97. The highest BCUT2D eigenvalue weighted by molar-refractivity contribution is 5.86. The van der Waals surface area contributed by atoms with Crippen LogP contribution in [0.1, 0.15) is 54.9 Å². The summed E-state index contributed by atoms with van der Waals surface area (Å²) in [6, 6.07) is 0. The zero-order chi connectivity index (χ0) is 26.3. The summed E-state index contributed by atoms with van der Waals surface area (Å²) >= 11 is 0. The van der Waals surface area contributed by atoms with Crippen LogP contribution in [0.25, 0.3) is 0 Å². The topological polar surface area (TPSA) is 82.1 Å². The molecule has 0 aromatic heterocycles. The summed E-state index contributed by atoms with van der Waals surface area (Å²) in [6.45, 7) is 14.1. The van der Waals surface area contributed by atoms with Crippen LogP contribution >= 0.6 is 0 Å². The number of aliphatic hydroxyl groups excluding tert-OH is 1. The number of hydrogen-bond donors (Lipinski definition) is 1. The number of aliphatic hydroxyl groups is 1. The molecule has 0 aliphatic carbocycles. The maximum Gasteiger partial charge on any atom is 0.167 e. The van der Waals surface area contributed by atoms with Crippen LogP contribution in [0, 0.1) is 17.8 Å². The quantitative estimate of drug-likeness (QED) is 0.182. The summed E-state index contributed by atoms with van der Waals surface area (Å²) < 4.78 is 16.0. The van der Waals surface area contributed by atoms with Crippen LogP contribution in [0.15, 0.2) is 47.6 Å². The van der Waals surface area contributed by atoms with Gasteiger partial charge in [0, 0.05) is 26.1 Å². The number of ketones is 2. The van der Waals surface area contributed by atoms with Crippen LogP contribution in [0.2, 0.25) is 0 Å². The molecule has 0 amide bonds. The van der Waals surface area contributed by atoms with Gasteiger partial charge in [-0.3, -0.25) is 9.59 Å². The molecule has 0 bridgehead atoms. The van der Waals surface area contributed by atoms with Gasteiger partial charge in [-0.1, -0.05) is 57.2 Å². The molecule has 0 heterocycles. The number of hydrogen-bond acceptors (Lipinski definition) is 6. The van der Waals surface area contributed by atoms with E-state index in [2.05, 4.69) is 13.0 Å². The fourth-order valence-corrected chi connectivity index (χ4v) is 3.38. The van der Waals surface area contributed by atoms with Crippen LogP contribution in [-0.2, 0) is 23.8 Å². The molecule has 0 aliphatic heterocycles. The average molecular weight is 479 g/mol. The summed E-state index contributed by atoms with van der Waals surface area (Å²) in [6.07, 6.45) is 10.3. The molecule has 2 unspecified atom stereocenters. The van der Waals surface area contributed by atoms with E-state index in [1.54, 1.807) is 27.0 Å². The summed E-state index contributed by atoms with van der Waals surface area (Å²) in [5, 5.41) is 10.6. The molecule has 6 nitrogen and oxygen atoms in total. The first kappa shape index (κ1) is 32.1. The van der Waals surface area contributed by atoms with E-state index in [1.165, 1.54) is 14.0 Å². The van der Waals surface area contributed by atoms with E-state index >= 15 is 0 Å². The molecular formula is C28H46O6. The van der Waals surface area contributed by atoms with E-state index in [4.69, 9.17) is 14.2 Å². The third kappa shape index (κ3) is 12.6. The molecule has 0 radical (unpaired) electrons. The predicted octanol–water partition coefficient (Wildman–Crippen LogP) is 4.88. The van der Waals surface area contributed by atoms with Crippen molar-refractivity contribution in [3.63, 3.8) is 0 Å². The highest BCUT2D eigenvalue weighted by atomic mass is 16.5. The van der Waals surface area contributed by atoms with Crippen molar-refractivity contribution in [1.82, 2.24) is 0 Å². The zero-order valence-electron chi connectivity index (χ0n) is 22.5. The van der Waals surface area contributed by atoms with Gasteiger partial charge in [0.2, 0.25) is 0 Å². The van der Waals surface area contributed by atoms with E-state index in [0.29, 0.717) is 25.2 Å². The van der Waals surface area contributed by atoms with Crippen molar-refractivity contribution in [1.29, 1.82) is 0 Å². The molecule has 0 fully saturated rings. The second kappa shape index (κ2) is 17.6. The lowest BCUT2D eigenvalue weighted by molar-refractivity contribution is -0.138. The highest BCUT2D eigenvalue weighted by Crippen LogP contribution is 2.21. The van der Waals surface area contributed by atoms with Crippen molar-refractivity contribution in [3.8, 4) is 0 Å². The van der Waals surface area contributed by atoms with Crippen LogP contribution in [0.4, 0.5) is 0 Å². The van der Waals surface area contributed by atoms with E-state index in [-0.39, 0.29) is 35.4 Å². The smallest absolute Gasteiger partial charge is 0.167 e. The lowest BCUT2D eigenvalue weighted by atomic mass is 9.87. The van der Waals surface area contributed by atoms with Crippen molar-refractivity contribution >= 4 is 11.6 Å². The molecule has 34 heavy (non-hydrogen) atoms. The molecule has 0 spiro atoms. The van der Waals surface area contributed by atoms with Crippen LogP contribution in [-0.4, -0.2) is 62.4 Å². The number of Topliss-reactive ketones (excluding diaryl/α,β-unsaturated/α-hetero) is 2. The van der Waals surface area contributed by atoms with E-state index in [0.717, 1.165) is 5.57 Å². The van der Waals surface area contributed by atoms with Crippen molar-refractivity contribution in [2.24, 2.45) is 17.8 Å². The summed E-state index contributed by atoms with van der Waals surface area (Å²) in [5.41, 5.74) is 1.69. The second-order valence-corrected chi connectivity index (χ2v) is 9.11. The molecule has 1 N–H and O–H groups in total. The summed E-state index contributed by atoms with van der Waals surface area (Å²) in [5.74, 6) is -0.564. The standard InChI is InChI=1S/C28H46O6/c1-19(13-11-10-12-14-20(2)25(7)34-16-15-32-8)17-22(4)26(30)28(33-9)27(31)23(5)18-21(3)24(6)29/h10-14,18-19,21-22,25,27-28,31H,15-17H2,1-9H3/b12-10+,13-11?,20-14+,23-18+/t19-,21-,22?,25+,27?,28+/m1/s1. The Bertz CT molecular complexity index is 733. The first-order valence-electron chi connectivity index (χ1n) is 12.0. The highest BCUT2D eigenvalue weighted by Gasteiger charge is 2.31. The molecule has 0 saturated carbocycles. The van der Waals surface area contributed by atoms with Gasteiger partial charge in [-0.25, -0.2) is 0 Å². The average Bonchev–Trinajstić information content (AvgIpc) is 2.78. The Morgan fingerprint density at radius 2 is 1.56 bits per heavy atom. The Kier molecular flexibility index (Phi) is 16.6. The van der Waals surface area contributed by atoms with Gasteiger partial charge in [-0.2, -0.15) is 0 Å². The van der Waals surface area contributed by atoms with Gasteiger partial charge in [0.05, 0.1) is 19.3 Å². The fraction of sp³-hybridized carbons (Fsp3) is 0.643. The largest absolute Gasteiger partial charge is 0.386 e. The Morgan fingerprint density at radius 3 is 2.12 bits per heavy atom. The van der Waals surface area contributed by atoms with Crippen molar-refractivity contribution in [2.75, 3.05) is 27.4 Å². The van der Waals surface area contributed by atoms with Crippen LogP contribution in [0.5, 0.6) is 0 Å². The lowest BCUT2D eigenvalue weighted by Crippen LogP contribution is -2.40. The van der Waals surface area contributed by atoms with Crippen LogP contribution < -0.4 is 0 Å². The number of rotatable bonds is 17. The Morgan fingerprint density at radius 1 is 0.912 bits per heavy atom. The normalized spacial score (nSPS) is 18.6. The Labute approximate surface area is 206 Å². The first-order valence-corrected chi connectivity index (χ1v) is 12.0. The van der Waals surface area contributed by atoms with E-state index < -0.39 is 12.2 Å². The number of carbonyl (C=O) groups is 2. The molecule has 0 saturated heterocycles. The maximum atomic E-state index is 12.9. The van der Waals surface area contributed by atoms with Crippen molar-refractivity contribution < 1.29 is 28.9 Å². The number of methoxy groups -OCH3 is 2. The fourth-order valence-electron chi connectivity index (χ4n) is 3.38. The van der Waals surface area contributed by atoms with Gasteiger partial charge in [-0.15, -0.1) is 0 Å². The van der Waals surface area contributed by atoms with Crippen LogP contribution in [0.3, 0.4) is 0 Å². The van der Waals surface area contributed by atoms with Crippen molar-refractivity contribution in [3.05, 3.63) is 47.6 Å². The van der Waals surface area contributed by atoms with Gasteiger partial charge >= 0.3 is 0 Å². The summed E-state index contributed by atoms with van der Waals surface area (Å²) in [4.78, 5) is 24.4. The monoisotopic (exact) mass is 478 g/mol. The van der Waals surface area contributed by atoms with E-state index in [9.17, 15) is 14.7 Å². The molecule has 0 aromatic rings. The van der Waals surface area contributed by atoms with Gasteiger partial charge in [0.25, 0.3) is 0 Å². The lowest BCUT2D eigenvalue weighted by Gasteiger charge is -2.25. The molecular weight excluding hydrogens is 432 g/mol. The molecule has 6 atom stereocenters. The maximum absolute atomic E-state index is 12.9. The minimum absolute atomic E-state index is 0.00504. The molecule has 6 heteroatoms. The van der Waals surface area contributed by atoms with Gasteiger partial charge in [-0.05, 0) is 51.2 Å².